The SMILES string of the molecule is CCn1c(Oc2ccc(F)cc2)nnc1[C@@H](C)NS(=O)(=O)c1ccc(Br)cc1. The first-order chi connectivity index (χ1) is 13.3. The van der Waals surface area contributed by atoms with Gasteiger partial charge in [-0.05, 0) is 62.4 Å². The predicted molar refractivity (Wildman–Crippen MR) is 105 cm³/mol. The summed E-state index contributed by atoms with van der Waals surface area (Å²) in [4.78, 5) is 0.146. The van der Waals surface area contributed by atoms with Crippen LogP contribution in [0.3, 0.4) is 0 Å². The van der Waals surface area contributed by atoms with Crippen LogP contribution in [0.5, 0.6) is 11.8 Å². The van der Waals surface area contributed by atoms with Crippen LogP contribution in [0, 0.1) is 5.82 Å². The zero-order valence-electron chi connectivity index (χ0n) is 15.1. The summed E-state index contributed by atoms with van der Waals surface area (Å²) < 4.78 is 48.9. The van der Waals surface area contributed by atoms with Crippen molar-refractivity contribution in [2.75, 3.05) is 0 Å². The number of rotatable bonds is 7. The molecule has 1 aromatic heterocycles. The highest BCUT2D eigenvalue weighted by Gasteiger charge is 2.24. The molecule has 1 atom stereocenters. The summed E-state index contributed by atoms with van der Waals surface area (Å²) in [6.07, 6.45) is 0. The standard InChI is InChI=1S/C18H18BrFN4O3S/c1-3-24-17(21-22-18(24)27-15-8-6-14(20)7-9-15)12(2)23-28(25,26)16-10-4-13(19)5-11-16/h4-12,23H,3H2,1-2H3/t12-/m1/s1. The summed E-state index contributed by atoms with van der Waals surface area (Å²) in [5.41, 5.74) is 0. The topological polar surface area (TPSA) is 86.1 Å². The van der Waals surface area contributed by atoms with Gasteiger partial charge >= 0.3 is 6.01 Å². The zero-order chi connectivity index (χ0) is 20.3. The van der Waals surface area contributed by atoms with Crippen molar-refractivity contribution in [1.82, 2.24) is 19.5 Å². The number of nitrogens with one attached hydrogen (secondary N) is 1. The molecule has 0 aliphatic heterocycles. The summed E-state index contributed by atoms with van der Waals surface area (Å²) in [6.45, 7) is 4.00. The summed E-state index contributed by atoms with van der Waals surface area (Å²) >= 11 is 3.28. The number of nitrogens with zero attached hydrogens (tertiary/aromatic N) is 3. The minimum absolute atomic E-state index is 0.146. The monoisotopic (exact) mass is 468 g/mol. The molecule has 0 radical (unpaired) electrons. The Bertz CT molecular complexity index is 1050. The summed E-state index contributed by atoms with van der Waals surface area (Å²) in [6, 6.07) is 11.4. The Hall–Kier alpha value is -2.30. The molecule has 1 heterocycles. The summed E-state index contributed by atoms with van der Waals surface area (Å²) in [7, 11) is -3.74. The molecule has 3 rings (SSSR count). The molecular formula is C18H18BrFN4O3S. The molecule has 0 saturated carbocycles. The van der Waals surface area contributed by atoms with Gasteiger partial charge in [-0.25, -0.2) is 17.5 Å². The van der Waals surface area contributed by atoms with Crippen LogP contribution in [0.1, 0.15) is 25.7 Å². The van der Waals surface area contributed by atoms with Crippen LogP contribution in [0.25, 0.3) is 0 Å². The molecule has 7 nitrogen and oxygen atoms in total. The third kappa shape index (κ3) is 4.57. The fraction of sp³-hybridized carbons (Fsp3) is 0.222. The Balaban J connectivity index is 1.81. The minimum Gasteiger partial charge on any atom is -0.424 e. The third-order valence-corrected chi connectivity index (χ3v) is 6.01. The number of sulfonamides is 1. The van der Waals surface area contributed by atoms with Crippen LogP contribution in [-0.4, -0.2) is 23.2 Å². The molecule has 3 aromatic rings. The molecule has 0 unspecified atom stereocenters. The first-order valence-corrected chi connectivity index (χ1v) is 10.7. The van der Waals surface area contributed by atoms with E-state index in [4.69, 9.17) is 4.74 Å². The molecule has 1 N–H and O–H groups in total. The van der Waals surface area contributed by atoms with Crippen LogP contribution in [-0.2, 0) is 16.6 Å². The Kier molecular flexibility index (Phi) is 6.11. The molecule has 0 bridgehead atoms. The highest BCUT2D eigenvalue weighted by atomic mass is 79.9. The van der Waals surface area contributed by atoms with E-state index in [1.54, 1.807) is 23.6 Å². The first-order valence-electron chi connectivity index (χ1n) is 8.44. The first kappa shape index (κ1) is 20.4. The second-order valence-electron chi connectivity index (χ2n) is 5.94. The van der Waals surface area contributed by atoms with E-state index >= 15 is 0 Å². The maximum atomic E-state index is 13.0. The van der Waals surface area contributed by atoms with Gasteiger partial charge in [0.1, 0.15) is 11.6 Å². The lowest BCUT2D eigenvalue weighted by Gasteiger charge is -2.15. The van der Waals surface area contributed by atoms with Gasteiger partial charge in [0.05, 0.1) is 10.9 Å². The van der Waals surface area contributed by atoms with Gasteiger partial charge in [-0.1, -0.05) is 21.0 Å². The van der Waals surface area contributed by atoms with Gasteiger partial charge < -0.3 is 4.74 Å². The van der Waals surface area contributed by atoms with Crippen molar-refractivity contribution in [3.8, 4) is 11.8 Å². The fourth-order valence-electron chi connectivity index (χ4n) is 2.57. The van der Waals surface area contributed by atoms with Gasteiger partial charge in [0.2, 0.25) is 10.0 Å². The predicted octanol–water partition coefficient (Wildman–Crippen LogP) is 4.03. The highest BCUT2D eigenvalue weighted by Crippen LogP contribution is 2.24. The normalized spacial score (nSPS) is 12.7. The number of hydrogen-bond donors (Lipinski definition) is 1. The van der Waals surface area contributed by atoms with Crippen molar-refractivity contribution in [2.24, 2.45) is 0 Å². The van der Waals surface area contributed by atoms with E-state index in [0.29, 0.717) is 18.1 Å². The van der Waals surface area contributed by atoms with Crippen molar-refractivity contribution >= 4 is 26.0 Å². The van der Waals surface area contributed by atoms with E-state index in [1.807, 2.05) is 6.92 Å². The van der Waals surface area contributed by atoms with E-state index in [-0.39, 0.29) is 16.7 Å². The van der Waals surface area contributed by atoms with E-state index in [2.05, 4.69) is 30.8 Å². The van der Waals surface area contributed by atoms with Crippen LogP contribution in [0.15, 0.2) is 57.9 Å². The third-order valence-electron chi connectivity index (χ3n) is 3.93. The van der Waals surface area contributed by atoms with E-state index in [0.717, 1.165) is 4.47 Å². The summed E-state index contributed by atoms with van der Waals surface area (Å²) in [5, 5.41) is 8.07. The number of hydrogen-bond acceptors (Lipinski definition) is 5. The molecule has 0 amide bonds. The van der Waals surface area contributed by atoms with Crippen molar-refractivity contribution in [2.45, 2.75) is 31.3 Å². The van der Waals surface area contributed by atoms with Crippen LogP contribution in [0.4, 0.5) is 4.39 Å². The van der Waals surface area contributed by atoms with Crippen molar-refractivity contribution < 1.29 is 17.5 Å². The van der Waals surface area contributed by atoms with Gasteiger partial charge in [-0.15, -0.1) is 5.10 Å². The lowest BCUT2D eigenvalue weighted by Crippen LogP contribution is -2.29. The number of benzene rings is 2. The molecule has 148 valence electrons. The number of halogens is 2. The fourth-order valence-corrected chi connectivity index (χ4v) is 4.03. The number of ether oxygens (including phenoxy) is 1. The Morgan fingerprint density at radius 3 is 2.39 bits per heavy atom. The maximum absolute atomic E-state index is 13.0. The largest absolute Gasteiger partial charge is 0.424 e. The second kappa shape index (κ2) is 8.38. The van der Waals surface area contributed by atoms with Crippen molar-refractivity contribution in [3.63, 3.8) is 0 Å². The molecule has 0 aliphatic rings. The van der Waals surface area contributed by atoms with Gasteiger partial charge in [-0.2, -0.15) is 0 Å². The minimum atomic E-state index is -3.74. The highest BCUT2D eigenvalue weighted by molar-refractivity contribution is 9.10. The maximum Gasteiger partial charge on any atom is 0.322 e. The van der Waals surface area contributed by atoms with Crippen molar-refractivity contribution in [3.05, 3.63) is 64.6 Å². The van der Waals surface area contributed by atoms with Crippen LogP contribution < -0.4 is 9.46 Å². The lowest BCUT2D eigenvalue weighted by molar-refractivity contribution is 0.407. The smallest absolute Gasteiger partial charge is 0.322 e. The van der Waals surface area contributed by atoms with Crippen LogP contribution >= 0.6 is 15.9 Å². The van der Waals surface area contributed by atoms with Gasteiger partial charge in [0.25, 0.3) is 0 Å². The molecule has 28 heavy (non-hydrogen) atoms. The average molecular weight is 469 g/mol. The average Bonchev–Trinajstić information content (AvgIpc) is 3.06. The lowest BCUT2D eigenvalue weighted by atomic mass is 10.3. The second-order valence-corrected chi connectivity index (χ2v) is 8.57. The Morgan fingerprint density at radius 1 is 1.14 bits per heavy atom. The molecule has 0 saturated heterocycles. The Morgan fingerprint density at radius 2 is 1.79 bits per heavy atom. The molecule has 0 fully saturated rings. The van der Waals surface area contributed by atoms with Gasteiger partial charge in [0, 0.05) is 11.0 Å². The quantitative estimate of drug-likeness (QED) is 0.565. The molecule has 2 aromatic carbocycles. The van der Waals surface area contributed by atoms with Crippen molar-refractivity contribution in [1.29, 1.82) is 0 Å². The number of aromatic nitrogens is 3. The summed E-state index contributed by atoms with van der Waals surface area (Å²) in [5.74, 6) is 0.430. The van der Waals surface area contributed by atoms with E-state index < -0.39 is 16.1 Å². The Labute approximate surface area is 170 Å². The van der Waals surface area contributed by atoms with Gasteiger partial charge in [0.15, 0.2) is 5.82 Å². The van der Waals surface area contributed by atoms with E-state index in [9.17, 15) is 12.8 Å². The molecule has 10 heteroatoms. The zero-order valence-corrected chi connectivity index (χ0v) is 17.5. The molecule has 0 aliphatic carbocycles. The van der Waals surface area contributed by atoms with Gasteiger partial charge in [-0.3, -0.25) is 4.57 Å². The van der Waals surface area contributed by atoms with E-state index in [1.165, 1.54) is 36.4 Å². The molecule has 0 spiro atoms. The van der Waals surface area contributed by atoms with Crippen LogP contribution in [0.2, 0.25) is 0 Å². The molecular weight excluding hydrogens is 451 g/mol.